The number of aromatic carboxylic acids is 1. The molecule has 0 spiro atoms. The Morgan fingerprint density at radius 3 is 2.80 bits per heavy atom. The molecular weight excluding hydrogens is 324 g/mol. The lowest BCUT2D eigenvalue weighted by Crippen LogP contribution is -2.02. The molecular formula is C14H13BrN2O3. The highest BCUT2D eigenvalue weighted by Gasteiger charge is 2.10. The Morgan fingerprint density at radius 1 is 1.35 bits per heavy atom. The van der Waals surface area contributed by atoms with Crippen LogP contribution in [0.2, 0.25) is 0 Å². The number of carbonyl (C=O) groups is 1. The van der Waals surface area contributed by atoms with E-state index in [0.717, 1.165) is 10.9 Å². The van der Waals surface area contributed by atoms with Crippen LogP contribution in [-0.2, 0) is 6.42 Å². The topological polar surface area (TPSA) is 72.3 Å². The molecule has 0 saturated heterocycles. The van der Waals surface area contributed by atoms with E-state index in [2.05, 4.69) is 25.9 Å². The Bertz CT molecular complexity index is 632. The maximum atomic E-state index is 11.1. The first-order valence-corrected chi connectivity index (χ1v) is 6.90. The van der Waals surface area contributed by atoms with Crippen LogP contribution >= 0.6 is 15.9 Å². The van der Waals surface area contributed by atoms with Gasteiger partial charge in [0.1, 0.15) is 5.75 Å². The fourth-order valence-corrected chi connectivity index (χ4v) is 2.03. The molecule has 0 atom stereocenters. The molecule has 0 aliphatic carbocycles. The molecule has 1 N–H and O–H groups in total. The smallest absolute Gasteiger partial charge is 0.335 e. The summed E-state index contributed by atoms with van der Waals surface area (Å²) in [6, 6.07) is 4.71. The van der Waals surface area contributed by atoms with Gasteiger partial charge in [0.25, 0.3) is 0 Å². The number of carboxylic acid groups (broad SMARTS) is 1. The van der Waals surface area contributed by atoms with Crippen LogP contribution in [-0.4, -0.2) is 21.0 Å². The minimum Gasteiger partial charge on any atom is -0.478 e. The van der Waals surface area contributed by atoms with Crippen molar-refractivity contribution in [3.8, 4) is 11.6 Å². The van der Waals surface area contributed by atoms with Crippen molar-refractivity contribution in [1.82, 2.24) is 9.97 Å². The first-order chi connectivity index (χ1) is 9.58. The van der Waals surface area contributed by atoms with Gasteiger partial charge in [0.05, 0.1) is 11.8 Å². The molecule has 0 unspecified atom stereocenters. The third kappa shape index (κ3) is 3.77. The van der Waals surface area contributed by atoms with Crippen molar-refractivity contribution in [2.45, 2.75) is 19.8 Å². The molecule has 2 heterocycles. The van der Waals surface area contributed by atoms with Crippen LogP contribution in [0.15, 0.2) is 35.1 Å². The van der Waals surface area contributed by atoms with Crippen molar-refractivity contribution in [3.63, 3.8) is 0 Å². The second-order valence-electron chi connectivity index (χ2n) is 4.18. The second-order valence-corrected chi connectivity index (χ2v) is 5.10. The summed E-state index contributed by atoms with van der Waals surface area (Å²) >= 11 is 3.30. The standard InChI is InChI=1S/C14H13BrN2O3/c1-2-3-11-4-9(14(18)19)5-13(17-11)20-12-6-10(15)7-16-8-12/h4-8H,2-3H2,1H3,(H,18,19). The van der Waals surface area contributed by atoms with E-state index in [1.165, 1.54) is 6.07 Å². The van der Waals surface area contributed by atoms with Crippen LogP contribution in [0.4, 0.5) is 0 Å². The molecule has 0 amide bonds. The molecule has 0 bridgehead atoms. The summed E-state index contributed by atoms with van der Waals surface area (Å²) in [7, 11) is 0. The zero-order chi connectivity index (χ0) is 14.5. The minimum absolute atomic E-state index is 0.168. The zero-order valence-corrected chi connectivity index (χ0v) is 12.4. The molecule has 104 valence electrons. The van der Waals surface area contributed by atoms with Crippen LogP contribution in [0.5, 0.6) is 11.6 Å². The van der Waals surface area contributed by atoms with Crippen molar-refractivity contribution in [3.05, 3.63) is 46.3 Å². The summed E-state index contributed by atoms with van der Waals surface area (Å²) in [5.41, 5.74) is 0.867. The van der Waals surface area contributed by atoms with Gasteiger partial charge in [-0.05, 0) is 34.5 Å². The fourth-order valence-electron chi connectivity index (χ4n) is 1.69. The third-order valence-corrected chi connectivity index (χ3v) is 2.94. The Labute approximate surface area is 124 Å². The van der Waals surface area contributed by atoms with Crippen LogP contribution in [0, 0.1) is 0 Å². The van der Waals surface area contributed by atoms with E-state index in [0.29, 0.717) is 17.9 Å². The lowest BCUT2D eigenvalue weighted by molar-refractivity contribution is 0.0696. The number of nitrogens with zero attached hydrogens (tertiary/aromatic N) is 2. The number of aromatic nitrogens is 2. The maximum Gasteiger partial charge on any atom is 0.335 e. The van der Waals surface area contributed by atoms with Gasteiger partial charge in [-0.25, -0.2) is 9.78 Å². The summed E-state index contributed by atoms with van der Waals surface area (Å²) in [4.78, 5) is 19.4. The zero-order valence-electron chi connectivity index (χ0n) is 10.8. The molecule has 0 aromatic carbocycles. The Balaban J connectivity index is 2.32. The number of carboxylic acids is 1. The molecule has 0 saturated carbocycles. The monoisotopic (exact) mass is 336 g/mol. The van der Waals surface area contributed by atoms with Crippen LogP contribution in [0.3, 0.4) is 0 Å². The van der Waals surface area contributed by atoms with Crippen LogP contribution in [0.1, 0.15) is 29.4 Å². The first-order valence-electron chi connectivity index (χ1n) is 6.11. The Hall–Kier alpha value is -1.95. The van der Waals surface area contributed by atoms with E-state index in [9.17, 15) is 4.79 Å². The Kier molecular flexibility index (Phi) is 4.68. The van der Waals surface area contributed by atoms with E-state index in [1.54, 1.807) is 24.5 Å². The number of hydrogen-bond donors (Lipinski definition) is 1. The minimum atomic E-state index is -0.998. The van der Waals surface area contributed by atoms with Gasteiger partial charge in [-0.15, -0.1) is 0 Å². The van der Waals surface area contributed by atoms with E-state index in [1.807, 2.05) is 6.92 Å². The number of rotatable bonds is 5. The summed E-state index contributed by atoms with van der Waals surface area (Å²) in [5, 5.41) is 9.11. The Morgan fingerprint density at radius 2 is 2.15 bits per heavy atom. The second kappa shape index (κ2) is 6.47. The van der Waals surface area contributed by atoms with Crippen molar-refractivity contribution in [2.75, 3.05) is 0 Å². The van der Waals surface area contributed by atoms with Gasteiger partial charge < -0.3 is 9.84 Å². The van der Waals surface area contributed by atoms with Gasteiger partial charge >= 0.3 is 5.97 Å². The van der Waals surface area contributed by atoms with E-state index in [4.69, 9.17) is 9.84 Å². The van der Waals surface area contributed by atoms with Crippen LogP contribution < -0.4 is 4.74 Å². The molecule has 2 aromatic rings. The SMILES string of the molecule is CCCc1cc(C(=O)O)cc(Oc2cncc(Br)c2)n1. The van der Waals surface area contributed by atoms with Crippen molar-refractivity contribution >= 4 is 21.9 Å². The van der Waals surface area contributed by atoms with Crippen molar-refractivity contribution in [1.29, 1.82) is 0 Å². The number of pyridine rings is 2. The molecule has 6 heteroatoms. The highest BCUT2D eigenvalue weighted by atomic mass is 79.9. The quantitative estimate of drug-likeness (QED) is 0.901. The summed E-state index contributed by atoms with van der Waals surface area (Å²) in [5.74, 6) is -0.243. The average molecular weight is 337 g/mol. The first kappa shape index (κ1) is 14.5. The van der Waals surface area contributed by atoms with Crippen molar-refractivity contribution in [2.24, 2.45) is 0 Å². The van der Waals surface area contributed by atoms with Gasteiger partial charge in [-0.1, -0.05) is 13.3 Å². The summed E-state index contributed by atoms with van der Waals surface area (Å²) in [6.07, 6.45) is 4.76. The molecule has 2 aromatic heterocycles. The average Bonchev–Trinajstić information content (AvgIpc) is 2.38. The molecule has 0 radical (unpaired) electrons. The predicted octanol–water partition coefficient (Wildman–Crippen LogP) is 3.68. The van der Waals surface area contributed by atoms with Gasteiger partial charge in [0.2, 0.25) is 5.88 Å². The molecule has 5 nitrogen and oxygen atoms in total. The highest BCUT2D eigenvalue weighted by molar-refractivity contribution is 9.10. The molecule has 0 aliphatic rings. The lowest BCUT2D eigenvalue weighted by atomic mass is 10.1. The molecule has 0 fully saturated rings. The van der Waals surface area contributed by atoms with Crippen LogP contribution in [0.25, 0.3) is 0 Å². The van der Waals surface area contributed by atoms with Gasteiger partial charge in [0.15, 0.2) is 0 Å². The summed E-state index contributed by atoms with van der Waals surface area (Å²) in [6.45, 7) is 2.01. The van der Waals surface area contributed by atoms with Crippen molar-refractivity contribution < 1.29 is 14.6 Å². The highest BCUT2D eigenvalue weighted by Crippen LogP contribution is 2.23. The molecule has 2 rings (SSSR count). The van der Waals surface area contributed by atoms with Gasteiger partial charge in [-0.3, -0.25) is 4.98 Å². The molecule has 20 heavy (non-hydrogen) atoms. The van der Waals surface area contributed by atoms with Gasteiger partial charge in [0, 0.05) is 22.4 Å². The van der Waals surface area contributed by atoms with E-state index >= 15 is 0 Å². The fraction of sp³-hybridized carbons (Fsp3) is 0.214. The van der Waals surface area contributed by atoms with Gasteiger partial charge in [-0.2, -0.15) is 0 Å². The van der Waals surface area contributed by atoms with E-state index in [-0.39, 0.29) is 11.4 Å². The summed E-state index contributed by atoms with van der Waals surface area (Å²) < 4.78 is 6.35. The van der Waals surface area contributed by atoms with E-state index < -0.39 is 5.97 Å². The third-order valence-electron chi connectivity index (χ3n) is 2.51. The lowest BCUT2D eigenvalue weighted by Gasteiger charge is -2.08. The number of hydrogen-bond acceptors (Lipinski definition) is 4. The normalized spacial score (nSPS) is 10.3. The largest absolute Gasteiger partial charge is 0.478 e. The number of ether oxygens (including phenoxy) is 1. The molecule has 0 aliphatic heterocycles. The number of halogens is 1. The number of aryl methyl sites for hydroxylation is 1. The predicted molar refractivity (Wildman–Crippen MR) is 77.2 cm³/mol. The maximum absolute atomic E-state index is 11.1.